The van der Waals surface area contributed by atoms with Crippen molar-refractivity contribution >= 4 is 17.4 Å². The van der Waals surface area contributed by atoms with Crippen molar-refractivity contribution in [2.24, 2.45) is 5.73 Å². The van der Waals surface area contributed by atoms with Crippen molar-refractivity contribution in [1.82, 2.24) is 25.5 Å². The van der Waals surface area contributed by atoms with Crippen molar-refractivity contribution in [3.05, 3.63) is 71.0 Å². The molecular weight excluding hydrogens is 400 g/mol. The second-order valence-corrected chi connectivity index (χ2v) is 7.84. The van der Waals surface area contributed by atoms with E-state index in [0.29, 0.717) is 24.4 Å². The van der Waals surface area contributed by atoms with E-state index in [1.165, 1.54) is 11.9 Å². The fourth-order valence-corrected chi connectivity index (χ4v) is 3.46. The minimum Gasteiger partial charge on any atom is -0.327 e. The van der Waals surface area contributed by atoms with Gasteiger partial charge >= 0.3 is 0 Å². The van der Waals surface area contributed by atoms with E-state index in [0.717, 1.165) is 24.1 Å². The van der Waals surface area contributed by atoms with Gasteiger partial charge in [-0.2, -0.15) is 0 Å². The van der Waals surface area contributed by atoms with Gasteiger partial charge in [-0.3, -0.25) is 4.79 Å². The monoisotopic (exact) mass is 426 g/mol. The molecule has 1 aromatic heterocycles. The molecule has 8 heteroatoms. The summed E-state index contributed by atoms with van der Waals surface area (Å²) in [4.78, 5) is 12.6. The van der Waals surface area contributed by atoms with Crippen LogP contribution >= 0.6 is 11.6 Å². The first-order valence-corrected chi connectivity index (χ1v) is 10.5. The number of rotatable bonds is 11. The third-order valence-electron chi connectivity index (χ3n) is 5.09. The maximum absolute atomic E-state index is 12.6. The van der Waals surface area contributed by atoms with Gasteiger partial charge in [-0.05, 0) is 65.9 Å². The maximum atomic E-state index is 12.6. The van der Waals surface area contributed by atoms with Crippen molar-refractivity contribution in [3.63, 3.8) is 0 Å². The van der Waals surface area contributed by atoms with Gasteiger partial charge < -0.3 is 11.1 Å². The van der Waals surface area contributed by atoms with Gasteiger partial charge in [0, 0.05) is 24.0 Å². The zero-order valence-corrected chi connectivity index (χ0v) is 17.8. The molecule has 30 heavy (non-hydrogen) atoms. The lowest BCUT2D eigenvalue weighted by molar-refractivity contribution is -0.120. The summed E-state index contributed by atoms with van der Waals surface area (Å²) in [6.45, 7) is 2.49. The van der Waals surface area contributed by atoms with E-state index in [9.17, 15) is 4.79 Å². The van der Waals surface area contributed by atoms with Gasteiger partial charge in [0.15, 0.2) is 0 Å². The molecule has 7 nitrogen and oxygen atoms in total. The first-order valence-electron chi connectivity index (χ1n) is 10.1. The zero-order valence-electron chi connectivity index (χ0n) is 17.0. The van der Waals surface area contributed by atoms with E-state index in [1.807, 2.05) is 37.3 Å². The summed E-state index contributed by atoms with van der Waals surface area (Å²) in [5.74, 6) is 0.132. The largest absolute Gasteiger partial charge is 0.327 e. The fraction of sp³-hybridized carbons (Fsp3) is 0.364. The molecule has 0 aliphatic rings. The molecule has 0 aliphatic carbocycles. The molecule has 0 saturated carbocycles. The number of Topliss-reactive ketones (excluding diaryl/α,β-unsaturated/α-hetero) is 1. The number of tetrazole rings is 1. The molecule has 3 rings (SSSR count). The highest BCUT2D eigenvalue weighted by atomic mass is 35.5. The number of hydrogen-bond donors (Lipinski definition) is 2. The SMILES string of the molecule is C[C@H](NC[C@H](N)CCc1ccccc1)C(=O)CCc1cc(Cl)ccc1-n1cnnn1. The summed E-state index contributed by atoms with van der Waals surface area (Å²) >= 11 is 6.14. The highest BCUT2D eigenvalue weighted by Crippen LogP contribution is 2.20. The molecule has 0 bridgehead atoms. The number of hydrogen-bond acceptors (Lipinski definition) is 6. The minimum absolute atomic E-state index is 0.000181. The number of nitrogens with two attached hydrogens (primary N) is 1. The molecule has 3 aromatic rings. The number of aromatic nitrogens is 4. The van der Waals surface area contributed by atoms with Crippen LogP contribution in [0.1, 0.15) is 30.9 Å². The number of halogens is 1. The van der Waals surface area contributed by atoms with E-state index < -0.39 is 0 Å². The molecule has 2 atom stereocenters. The van der Waals surface area contributed by atoms with Gasteiger partial charge in [-0.1, -0.05) is 41.9 Å². The average Bonchev–Trinajstić information content (AvgIpc) is 3.29. The topological polar surface area (TPSA) is 98.7 Å². The smallest absolute Gasteiger partial charge is 0.149 e. The number of aryl methyl sites for hydroxylation is 2. The number of nitrogens with zero attached hydrogens (tertiary/aromatic N) is 4. The van der Waals surface area contributed by atoms with Gasteiger partial charge in [0.1, 0.15) is 12.1 Å². The Labute approximate surface area is 181 Å². The second-order valence-electron chi connectivity index (χ2n) is 7.41. The Morgan fingerprint density at radius 1 is 1.20 bits per heavy atom. The Kier molecular flexibility index (Phi) is 8.07. The predicted molar refractivity (Wildman–Crippen MR) is 118 cm³/mol. The van der Waals surface area contributed by atoms with E-state index in [4.69, 9.17) is 17.3 Å². The van der Waals surface area contributed by atoms with Crippen LogP contribution in [0.4, 0.5) is 0 Å². The van der Waals surface area contributed by atoms with Crippen molar-refractivity contribution in [1.29, 1.82) is 0 Å². The molecule has 0 saturated heterocycles. The third kappa shape index (κ3) is 6.45. The van der Waals surface area contributed by atoms with Crippen LogP contribution < -0.4 is 11.1 Å². The van der Waals surface area contributed by atoms with Crippen LogP contribution in [-0.2, 0) is 17.6 Å². The number of nitrogens with one attached hydrogen (secondary N) is 1. The van der Waals surface area contributed by atoms with Gasteiger partial charge in [-0.25, -0.2) is 4.68 Å². The molecular formula is C22H27ClN6O. The van der Waals surface area contributed by atoms with E-state index in [2.05, 4.69) is 33.0 Å². The van der Waals surface area contributed by atoms with Crippen LogP contribution in [0, 0.1) is 0 Å². The first kappa shape index (κ1) is 22.1. The highest BCUT2D eigenvalue weighted by Gasteiger charge is 2.15. The Balaban J connectivity index is 1.46. The summed E-state index contributed by atoms with van der Waals surface area (Å²) in [7, 11) is 0. The molecule has 0 radical (unpaired) electrons. The van der Waals surface area contributed by atoms with Crippen LogP contribution in [0.3, 0.4) is 0 Å². The quantitative estimate of drug-likeness (QED) is 0.489. The molecule has 0 spiro atoms. The van der Waals surface area contributed by atoms with Crippen LogP contribution in [0.25, 0.3) is 5.69 Å². The van der Waals surface area contributed by atoms with E-state index in [1.54, 1.807) is 10.7 Å². The molecule has 158 valence electrons. The van der Waals surface area contributed by atoms with Crippen molar-refractivity contribution in [3.8, 4) is 5.69 Å². The van der Waals surface area contributed by atoms with Crippen LogP contribution in [-0.4, -0.2) is 44.6 Å². The first-order chi connectivity index (χ1) is 14.5. The molecule has 2 aromatic carbocycles. The zero-order chi connectivity index (χ0) is 21.3. The molecule has 0 aliphatic heterocycles. The lowest BCUT2D eigenvalue weighted by atomic mass is 10.0. The molecule has 0 unspecified atom stereocenters. The third-order valence-corrected chi connectivity index (χ3v) is 5.33. The lowest BCUT2D eigenvalue weighted by Gasteiger charge is -2.17. The van der Waals surface area contributed by atoms with Gasteiger partial charge in [-0.15, -0.1) is 5.10 Å². The van der Waals surface area contributed by atoms with Crippen LogP contribution in [0.2, 0.25) is 5.02 Å². The van der Waals surface area contributed by atoms with Gasteiger partial charge in [0.25, 0.3) is 0 Å². The number of carbonyl (C=O) groups is 1. The highest BCUT2D eigenvalue weighted by molar-refractivity contribution is 6.30. The Hall–Kier alpha value is -2.61. The molecule has 3 N–H and O–H groups in total. The summed E-state index contributed by atoms with van der Waals surface area (Å²) in [6, 6.07) is 15.5. The molecule has 0 amide bonds. The predicted octanol–water partition coefficient (Wildman–Crippen LogP) is 2.76. The number of carbonyl (C=O) groups excluding carboxylic acids is 1. The summed E-state index contributed by atoms with van der Waals surface area (Å²) in [6.07, 6.45) is 4.27. The van der Waals surface area contributed by atoms with Gasteiger partial charge in [0.2, 0.25) is 0 Å². The summed E-state index contributed by atoms with van der Waals surface area (Å²) in [5.41, 5.74) is 9.24. The van der Waals surface area contributed by atoms with Crippen molar-refractivity contribution in [2.45, 2.75) is 44.7 Å². The lowest BCUT2D eigenvalue weighted by Crippen LogP contribution is -2.42. The standard InChI is InChI=1S/C22H27ClN6O/c1-16(25-14-20(24)10-7-17-5-3-2-4-6-17)22(30)12-8-18-13-19(23)9-11-21(18)29-15-26-27-28-29/h2-6,9,11,13,15-16,20,25H,7-8,10,12,14,24H2,1H3/t16-,20+/m0/s1. The van der Waals surface area contributed by atoms with Crippen molar-refractivity contribution < 1.29 is 4.79 Å². The van der Waals surface area contributed by atoms with Crippen molar-refractivity contribution in [2.75, 3.05) is 6.54 Å². The average molecular weight is 427 g/mol. The second kappa shape index (κ2) is 11.0. The van der Waals surface area contributed by atoms with Gasteiger partial charge in [0.05, 0.1) is 11.7 Å². The molecule has 0 fully saturated rings. The Morgan fingerprint density at radius 3 is 2.73 bits per heavy atom. The Bertz CT molecular complexity index is 932. The van der Waals surface area contributed by atoms with E-state index in [-0.39, 0.29) is 17.9 Å². The van der Waals surface area contributed by atoms with Crippen LogP contribution in [0.5, 0.6) is 0 Å². The minimum atomic E-state index is -0.261. The Morgan fingerprint density at radius 2 is 2.00 bits per heavy atom. The normalized spacial score (nSPS) is 13.2. The van der Waals surface area contributed by atoms with E-state index >= 15 is 0 Å². The maximum Gasteiger partial charge on any atom is 0.149 e. The number of benzene rings is 2. The summed E-state index contributed by atoms with van der Waals surface area (Å²) < 4.78 is 1.57. The van der Waals surface area contributed by atoms with Crippen LogP contribution in [0.15, 0.2) is 54.9 Å². The summed E-state index contributed by atoms with van der Waals surface area (Å²) in [5, 5.41) is 15.2. The number of ketones is 1. The molecule has 1 heterocycles. The fourth-order valence-electron chi connectivity index (χ4n) is 3.26.